The summed E-state index contributed by atoms with van der Waals surface area (Å²) in [6.07, 6.45) is 1.37. The van der Waals surface area contributed by atoms with E-state index >= 15 is 0 Å². The number of hydrogen-bond acceptors (Lipinski definition) is 5. The number of anilines is 1. The second-order valence-electron chi connectivity index (χ2n) is 4.14. The van der Waals surface area contributed by atoms with Crippen LogP contribution in [0.2, 0.25) is 0 Å². The van der Waals surface area contributed by atoms with E-state index in [1.54, 1.807) is 18.2 Å². The predicted octanol–water partition coefficient (Wildman–Crippen LogP) is 1.20. The number of carbonyl (C=O) groups is 2. The summed E-state index contributed by atoms with van der Waals surface area (Å²) in [7, 11) is 1.51. The lowest BCUT2D eigenvalue weighted by Gasteiger charge is -2.09. The maximum Gasteiger partial charge on any atom is 0.231 e. The third-order valence-corrected chi connectivity index (χ3v) is 2.71. The molecule has 1 aromatic carbocycles. The van der Waals surface area contributed by atoms with Crippen LogP contribution in [-0.2, 0) is 11.2 Å². The highest BCUT2D eigenvalue weighted by atomic mass is 16.5. The number of nitrogens with one attached hydrogen (secondary N) is 2. The molecule has 0 saturated carbocycles. The lowest BCUT2D eigenvalue weighted by atomic mass is 10.0. The van der Waals surface area contributed by atoms with Gasteiger partial charge in [-0.3, -0.25) is 14.9 Å². The Morgan fingerprint density at radius 1 is 1.40 bits per heavy atom. The molecule has 0 aliphatic carbocycles. The molecule has 0 spiro atoms. The fourth-order valence-corrected chi connectivity index (χ4v) is 1.75. The number of aromatic nitrogens is 3. The van der Waals surface area contributed by atoms with E-state index in [0.717, 1.165) is 0 Å². The summed E-state index contributed by atoms with van der Waals surface area (Å²) in [6.45, 7) is 1.47. The molecule has 0 aliphatic heterocycles. The number of aromatic amines is 1. The van der Waals surface area contributed by atoms with Gasteiger partial charge in [-0.25, -0.2) is 5.10 Å². The van der Waals surface area contributed by atoms with Gasteiger partial charge in [0.05, 0.1) is 13.5 Å². The number of nitrogens with zero attached hydrogens (tertiary/aromatic N) is 2. The molecule has 2 rings (SSSR count). The summed E-state index contributed by atoms with van der Waals surface area (Å²) in [5.41, 5.74) is 1.17. The summed E-state index contributed by atoms with van der Waals surface area (Å²) in [6, 6.07) is 4.99. The van der Waals surface area contributed by atoms with Crippen LogP contribution in [0.3, 0.4) is 0 Å². The second kappa shape index (κ2) is 5.96. The summed E-state index contributed by atoms with van der Waals surface area (Å²) < 4.78 is 5.19. The van der Waals surface area contributed by atoms with Gasteiger partial charge in [-0.15, -0.1) is 0 Å². The number of hydrogen-bond donors (Lipinski definition) is 2. The molecule has 0 bridgehead atoms. The Kier molecular flexibility index (Phi) is 4.09. The van der Waals surface area contributed by atoms with Crippen molar-refractivity contribution in [3.63, 3.8) is 0 Å². The topological polar surface area (TPSA) is 97.0 Å². The van der Waals surface area contributed by atoms with Crippen molar-refractivity contribution in [1.82, 2.24) is 15.2 Å². The molecule has 1 aromatic heterocycles. The van der Waals surface area contributed by atoms with Gasteiger partial charge in [-0.05, 0) is 25.1 Å². The fourth-order valence-electron chi connectivity index (χ4n) is 1.75. The van der Waals surface area contributed by atoms with Gasteiger partial charge in [0.1, 0.15) is 12.1 Å². The fraction of sp³-hybridized carbons (Fsp3) is 0.231. The van der Waals surface area contributed by atoms with Gasteiger partial charge < -0.3 is 4.74 Å². The van der Waals surface area contributed by atoms with Crippen LogP contribution in [0.25, 0.3) is 0 Å². The molecule has 0 saturated heterocycles. The van der Waals surface area contributed by atoms with E-state index in [9.17, 15) is 9.59 Å². The van der Waals surface area contributed by atoms with Gasteiger partial charge in [-0.1, -0.05) is 0 Å². The molecule has 0 aliphatic rings. The average Bonchev–Trinajstić information content (AvgIpc) is 2.91. The number of ether oxygens (including phenoxy) is 1. The molecule has 0 atom stereocenters. The number of benzene rings is 1. The van der Waals surface area contributed by atoms with Crippen LogP contribution in [0.4, 0.5) is 5.95 Å². The van der Waals surface area contributed by atoms with Crippen molar-refractivity contribution in [2.45, 2.75) is 13.3 Å². The minimum atomic E-state index is -0.277. The van der Waals surface area contributed by atoms with E-state index in [4.69, 9.17) is 4.74 Å². The van der Waals surface area contributed by atoms with Gasteiger partial charge in [0.25, 0.3) is 0 Å². The molecule has 7 heteroatoms. The van der Waals surface area contributed by atoms with Crippen molar-refractivity contribution in [1.29, 1.82) is 0 Å². The first kappa shape index (κ1) is 13.7. The zero-order chi connectivity index (χ0) is 14.5. The van der Waals surface area contributed by atoms with E-state index in [1.807, 2.05) is 0 Å². The quantitative estimate of drug-likeness (QED) is 0.798. The number of methoxy groups -OCH3 is 1. The Labute approximate surface area is 115 Å². The number of ketones is 1. The Balaban J connectivity index is 2.16. The number of H-pyrrole nitrogens is 1. The van der Waals surface area contributed by atoms with Crippen LogP contribution >= 0.6 is 0 Å². The van der Waals surface area contributed by atoms with Crippen molar-refractivity contribution in [3.05, 3.63) is 35.7 Å². The summed E-state index contributed by atoms with van der Waals surface area (Å²) in [5.74, 6) is 0.490. The smallest absolute Gasteiger partial charge is 0.231 e. The van der Waals surface area contributed by atoms with Gasteiger partial charge >= 0.3 is 0 Å². The van der Waals surface area contributed by atoms with E-state index in [2.05, 4.69) is 20.5 Å². The lowest BCUT2D eigenvalue weighted by Crippen LogP contribution is -2.16. The molecule has 1 heterocycles. The molecule has 2 N–H and O–H groups in total. The average molecular weight is 274 g/mol. The molecule has 1 amide bonds. The van der Waals surface area contributed by atoms with Crippen molar-refractivity contribution in [2.75, 3.05) is 12.4 Å². The van der Waals surface area contributed by atoms with Gasteiger partial charge in [-0.2, -0.15) is 10.1 Å². The number of Topliss-reactive ketones (excluding diaryl/α,β-unsaturated/α-hetero) is 1. The zero-order valence-corrected chi connectivity index (χ0v) is 11.1. The predicted molar refractivity (Wildman–Crippen MR) is 71.7 cm³/mol. The maximum absolute atomic E-state index is 11.9. The molecule has 0 fully saturated rings. The first-order valence-electron chi connectivity index (χ1n) is 5.93. The molecular weight excluding hydrogens is 260 g/mol. The molecule has 2 aromatic rings. The maximum atomic E-state index is 11.9. The number of carbonyl (C=O) groups excluding carboxylic acids is 2. The highest BCUT2D eigenvalue weighted by Crippen LogP contribution is 2.21. The van der Waals surface area contributed by atoms with E-state index in [1.165, 1.54) is 20.4 Å². The normalized spacial score (nSPS) is 10.1. The van der Waals surface area contributed by atoms with Gasteiger partial charge in [0.2, 0.25) is 11.9 Å². The van der Waals surface area contributed by atoms with E-state index in [-0.39, 0.29) is 24.1 Å². The van der Waals surface area contributed by atoms with E-state index in [0.29, 0.717) is 16.9 Å². The Morgan fingerprint density at radius 3 is 2.80 bits per heavy atom. The minimum Gasteiger partial charge on any atom is -0.496 e. The monoisotopic (exact) mass is 274 g/mol. The van der Waals surface area contributed by atoms with Crippen molar-refractivity contribution < 1.29 is 14.3 Å². The van der Waals surface area contributed by atoms with Gasteiger partial charge in [0, 0.05) is 11.1 Å². The van der Waals surface area contributed by atoms with Gasteiger partial charge in [0.15, 0.2) is 5.78 Å². The third-order valence-electron chi connectivity index (χ3n) is 2.71. The van der Waals surface area contributed by atoms with Crippen LogP contribution in [0.1, 0.15) is 22.8 Å². The number of rotatable bonds is 5. The molecule has 0 unspecified atom stereocenters. The first-order chi connectivity index (χ1) is 9.60. The van der Waals surface area contributed by atoms with Crippen LogP contribution in [0.5, 0.6) is 5.75 Å². The van der Waals surface area contributed by atoms with Crippen LogP contribution in [-0.4, -0.2) is 34.0 Å². The van der Waals surface area contributed by atoms with Crippen molar-refractivity contribution in [2.24, 2.45) is 0 Å². The second-order valence-corrected chi connectivity index (χ2v) is 4.14. The molecule has 20 heavy (non-hydrogen) atoms. The van der Waals surface area contributed by atoms with E-state index < -0.39 is 0 Å². The largest absolute Gasteiger partial charge is 0.496 e. The standard InChI is InChI=1S/C13H14N4O3/c1-8(18)9-3-4-11(20-2)10(5-9)6-12(19)16-13-14-7-15-17-13/h3-5,7H,6H2,1-2H3,(H2,14,15,16,17,19). The highest BCUT2D eigenvalue weighted by molar-refractivity contribution is 5.95. The van der Waals surface area contributed by atoms with Crippen molar-refractivity contribution in [3.8, 4) is 5.75 Å². The molecule has 7 nitrogen and oxygen atoms in total. The Bertz CT molecular complexity index is 623. The Morgan fingerprint density at radius 2 is 2.20 bits per heavy atom. The molecule has 0 radical (unpaired) electrons. The highest BCUT2D eigenvalue weighted by Gasteiger charge is 2.12. The zero-order valence-electron chi connectivity index (χ0n) is 11.1. The Hall–Kier alpha value is -2.70. The van der Waals surface area contributed by atoms with Crippen LogP contribution in [0, 0.1) is 0 Å². The summed E-state index contributed by atoms with van der Waals surface area (Å²) in [5, 5.41) is 8.73. The lowest BCUT2D eigenvalue weighted by molar-refractivity contribution is -0.115. The van der Waals surface area contributed by atoms with Crippen LogP contribution in [0.15, 0.2) is 24.5 Å². The number of amides is 1. The third kappa shape index (κ3) is 3.19. The first-order valence-corrected chi connectivity index (χ1v) is 5.93. The SMILES string of the molecule is COc1ccc(C(C)=O)cc1CC(=O)Nc1ncn[nH]1. The summed E-state index contributed by atoms with van der Waals surface area (Å²) >= 11 is 0. The van der Waals surface area contributed by atoms with Crippen molar-refractivity contribution >= 4 is 17.6 Å². The minimum absolute atomic E-state index is 0.0652. The molecular formula is C13H14N4O3. The summed E-state index contributed by atoms with van der Waals surface area (Å²) in [4.78, 5) is 27.1. The molecule has 104 valence electrons. The van der Waals surface area contributed by atoms with Crippen LogP contribution < -0.4 is 10.1 Å².